The first kappa shape index (κ1) is 32.2. The standard InChI is InChI=1S/C32H30F5N3O4/c1-19-27(21-13-8-9-15-24(21)33)28(41)40(18-26(20-11-6-5-7-12-20)38-29(42)44-31(2,3)4)30(43)39(19)17-22-23(32(35,36)37)14-10-16-25(22)34/h5-16,26H,17-18H2,1-4H3,(H,38,42)/t26-/m0/s1. The Kier molecular flexibility index (Phi) is 9.12. The average molecular weight is 616 g/mol. The van der Waals surface area contributed by atoms with Gasteiger partial charge in [0.1, 0.15) is 17.2 Å². The smallest absolute Gasteiger partial charge is 0.416 e. The molecule has 0 aliphatic heterocycles. The molecule has 232 valence electrons. The number of alkyl carbamates (subject to hydrolysis) is 1. The maximum Gasteiger partial charge on any atom is 0.416 e. The monoisotopic (exact) mass is 615 g/mol. The van der Waals surface area contributed by atoms with Crippen LogP contribution in [0.5, 0.6) is 0 Å². The zero-order chi connectivity index (χ0) is 32.4. The Balaban J connectivity index is 1.96. The van der Waals surface area contributed by atoms with E-state index in [4.69, 9.17) is 4.74 Å². The molecule has 1 heterocycles. The average Bonchev–Trinajstić information content (AvgIpc) is 2.93. The summed E-state index contributed by atoms with van der Waals surface area (Å²) in [6.07, 6.45) is -5.81. The number of aromatic nitrogens is 2. The van der Waals surface area contributed by atoms with Crippen LogP contribution >= 0.6 is 0 Å². The lowest BCUT2D eigenvalue weighted by atomic mass is 10.0. The fourth-order valence-corrected chi connectivity index (χ4v) is 4.82. The van der Waals surface area contributed by atoms with E-state index >= 15 is 4.39 Å². The van der Waals surface area contributed by atoms with Gasteiger partial charge in [-0.2, -0.15) is 13.2 Å². The molecule has 0 aliphatic carbocycles. The van der Waals surface area contributed by atoms with Crippen molar-refractivity contribution in [2.75, 3.05) is 0 Å². The molecule has 44 heavy (non-hydrogen) atoms. The number of halogens is 5. The molecule has 0 bridgehead atoms. The number of nitrogens with one attached hydrogen (secondary N) is 1. The summed E-state index contributed by atoms with van der Waals surface area (Å²) in [6.45, 7) is 4.79. The van der Waals surface area contributed by atoms with Crippen molar-refractivity contribution in [1.29, 1.82) is 0 Å². The van der Waals surface area contributed by atoms with Crippen LogP contribution in [0.15, 0.2) is 82.4 Å². The molecule has 0 spiro atoms. The van der Waals surface area contributed by atoms with E-state index < -0.39 is 71.0 Å². The Labute approximate surface area is 249 Å². The SMILES string of the molecule is Cc1c(-c2ccccc2F)c(=O)n(C[C@H](NC(=O)OC(C)(C)C)c2ccccc2)c(=O)n1Cc1c(F)cccc1C(F)(F)F. The summed E-state index contributed by atoms with van der Waals surface area (Å²) in [6, 6.07) is 14.9. The molecule has 12 heteroatoms. The van der Waals surface area contributed by atoms with Crippen molar-refractivity contribution in [2.24, 2.45) is 0 Å². The third-order valence-corrected chi connectivity index (χ3v) is 6.83. The van der Waals surface area contributed by atoms with Gasteiger partial charge in [-0.05, 0) is 51.5 Å². The van der Waals surface area contributed by atoms with Crippen molar-refractivity contribution in [3.8, 4) is 11.1 Å². The second kappa shape index (κ2) is 12.5. The quantitative estimate of drug-likeness (QED) is 0.238. The third kappa shape index (κ3) is 7.07. The van der Waals surface area contributed by atoms with Crippen LogP contribution in [0.25, 0.3) is 11.1 Å². The summed E-state index contributed by atoms with van der Waals surface area (Å²) in [4.78, 5) is 40.6. The first-order valence-corrected chi connectivity index (χ1v) is 13.6. The molecule has 4 aromatic rings. The summed E-state index contributed by atoms with van der Waals surface area (Å²) < 4.78 is 78.4. The minimum Gasteiger partial charge on any atom is -0.444 e. The van der Waals surface area contributed by atoms with Gasteiger partial charge in [0.15, 0.2) is 0 Å². The first-order chi connectivity index (χ1) is 20.6. The number of alkyl halides is 3. The second-order valence-electron chi connectivity index (χ2n) is 11.1. The van der Waals surface area contributed by atoms with Crippen molar-refractivity contribution in [1.82, 2.24) is 14.5 Å². The van der Waals surface area contributed by atoms with Gasteiger partial charge in [0.2, 0.25) is 0 Å². The van der Waals surface area contributed by atoms with Crippen LogP contribution in [0.4, 0.5) is 26.7 Å². The van der Waals surface area contributed by atoms with Crippen molar-refractivity contribution in [3.05, 3.63) is 128 Å². The van der Waals surface area contributed by atoms with Crippen LogP contribution in [-0.4, -0.2) is 20.8 Å². The number of nitrogens with zero attached hydrogens (tertiary/aromatic N) is 2. The van der Waals surface area contributed by atoms with Crippen molar-refractivity contribution < 1.29 is 31.5 Å². The number of amides is 1. The van der Waals surface area contributed by atoms with E-state index in [0.29, 0.717) is 16.2 Å². The molecule has 0 saturated heterocycles. The van der Waals surface area contributed by atoms with E-state index in [1.807, 2.05) is 0 Å². The molecular weight excluding hydrogens is 585 g/mol. The van der Waals surface area contributed by atoms with E-state index in [9.17, 15) is 31.9 Å². The van der Waals surface area contributed by atoms with Gasteiger partial charge < -0.3 is 10.1 Å². The van der Waals surface area contributed by atoms with Gasteiger partial charge in [0.05, 0.1) is 30.3 Å². The van der Waals surface area contributed by atoms with E-state index in [1.54, 1.807) is 51.1 Å². The molecule has 4 rings (SSSR count). The molecule has 0 unspecified atom stereocenters. The highest BCUT2D eigenvalue weighted by Gasteiger charge is 2.35. The Morgan fingerprint density at radius 1 is 0.864 bits per heavy atom. The van der Waals surface area contributed by atoms with Crippen LogP contribution < -0.4 is 16.6 Å². The van der Waals surface area contributed by atoms with E-state index in [1.165, 1.54) is 25.1 Å². The van der Waals surface area contributed by atoms with Gasteiger partial charge in [0, 0.05) is 16.8 Å². The number of hydrogen-bond acceptors (Lipinski definition) is 4. The first-order valence-electron chi connectivity index (χ1n) is 13.6. The Morgan fingerprint density at radius 2 is 1.48 bits per heavy atom. The maximum absolute atomic E-state index is 15.0. The van der Waals surface area contributed by atoms with Gasteiger partial charge in [-0.25, -0.2) is 18.4 Å². The van der Waals surface area contributed by atoms with Crippen molar-refractivity contribution in [3.63, 3.8) is 0 Å². The largest absolute Gasteiger partial charge is 0.444 e. The Morgan fingerprint density at radius 3 is 2.09 bits per heavy atom. The second-order valence-corrected chi connectivity index (χ2v) is 11.1. The molecule has 1 atom stereocenters. The van der Waals surface area contributed by atoms with Gasteiger partial charge in [-0.3, -0.25) is 13.9 Å². The predicted octanol–water partition coefficient (Wildman–Crippen LogP) is 6.60. The molecule has 0 saturated carbocycles. The number of carbonyl (C=O) groups excluding carboxylic acids is 1. The summed E-state index contributed by atoms with van der Waals surface area (Å²) >= 11 is 0. The number of ether oxygens (including phenoxy) is 1. The van der Waals surface area contributed by atoms with E-state index in [2.05, 4.69) is 5.32 Å². The highest BCUT2D eigenvalue weighted by atomic mass is 19.4. The van der Waals surface area contributed by atoms with E-state index in [0.717, 1.165) is 22.8 Å². The summed E-state index contributed by atoms with van der Waals surface area (Å²) in [5.41, 5.74) is -5.28. The minimum absolute atomic E-state index is 0.172. The van der Waals surface area contributed by atoms with Crippen molar-refractivity contribution in [2.45, 2.75) is 58.6 Å². The lowest BCUT2D eigenvalue weighted by molar-refractivity contribution is -0.138. The fourth-order valence-electron chi connectivity index (χ4n) is 4.82. The zero-order valence-electron chi connectivity index (χ0n) is 24.3. The van der Waals surface area contributed by atoms with Crippen LogP contribution in [0.3, 0.4) is 0 Å². The van der Waals surface area contributed by atoms with Gasteiger partial charge >= 0.3 is 18.0 Å². The third-order valence-electron chi connectivity index (χ3n) is 6.83. The molecule has 1 N–H and O–H groups in total. The van der Waals surface area contributed by atoms with Crippen LogP contribution in [0.2, 0.25) is 0 Å². The summed E-state index contributed by atoms with van der Waals surface area (Å²) in [5, 5.41) is 2.63. The molecule has 0 fully saturated rings. The lowest BCUT2D eigenvalue weighted by Crippen LogP contribution is -2.46. The van der Waals surface area contributed by atoms with Crippen LogP contribution in [-0.2, 0) is 24.0 Å². The van der Waals surface area contributed by atoms with Gasteiger partial charge in [0.25, 0.3) is 5.56 Å². The Hall–Kier alpha value is -4.74. The van der Waals surface area contributed by atoms with Crippen LogP contribution in [0, 0.1) is 18.6 Å². The molecule has 0 aliphatic rings. The highest BCUT2D eigenvalue weighted by molar-refractivity contribution is 5.68. The zero-order valence-corrected chi connectivity index (χ0v) is 24.3. The molecule has 1 amide bonds. The number of rotatable bonds is 7. The van der Waals surface area contributed by atoms with Gasteiger partial charge in [-0.15, -0.1) is 0 Å². The molecule has 7 nitrogen and oxygen atoms in total. The van der Waals surface area contributed by atoms with Crippen LogP contribution in [0.1, 0.15) is 49.2 Å². The molecule has 3 aromatic carbocycles. The molecule has 1 aromatic heterocycles. The molecule has 0 radical (unpaired) electrons. The Bertz CT molecular complexity index is 1790. The fraction of sp³-hybridized carbons (Fsp3) is 0.281. The summed E-state index contributed by atoms with van der Waals surface area (Å²) in [5.74, 6) is -2.04. The minimum atomic E-state index is -4.95. The molecular formula is C32H30F5N3O4. The number of carbonyl (C=O) groups is 1. The van der Waals surface area contributed by atoms with E-state index in [-0.39, 0.29) is 16.8 Å². The highest BCUT2D eigenvalue weighted by Crippen LogP contribution is 2.34. The van der Waals surface area contributed by atoms with Gasteiger partial charge in [-0.1, -0.05) is 54.6 Å². The maximum atomic E-state index is 15.0. The number of benzene rings is 3. The predicted molar refractivity (Wildman–Crippen MR) is 154 cm³/mol. The lowest BCUT2D eigenvalue weighted by Gasteiger charge is -2.25. The summed E-state index contributed by atoms with van der Waals surface area (Å²) in [7, 11) is 0. The van der Waals surface area contributed by atoms with Crippen molar-refractivity contribution >= 4 is 6.09 Å². The number of hydrogen-bond donors (Lipinski definition) is 1. The topological polar surface area (TPSA) is 82.3 Å². The normalized spacial score (nSPS) is 12.6.